The average Bonchev–Trinajstić information content (AvgIpc) is 3.33. The molecule has 2 unspecified atom stereocenters. The molecule has 7 heteroatoms. The molecule has 1 fully saturated rings. The zero-order valence-electron chi connectivity index (χ0n) is 16.6. The van der Waals surface area contributed by atoms with Gasteiger partial charge in [0.25, 0.3) is 0 Å². The molecule has 3 rings (SSSR count). The number of rotatable bonds is 7. The van der Waals surface area contributed by atoms with Crippen molar-refractivity contribution in [2.45, 2.75) is 38.6 Å². The van der Waals surface area contributed by atoms with E-state index in [2.05, 4.69) is 62.4 Å². The van der Waals surface area contributed by atoms with E-state index in [1.165, 1.54) is 29.3 Å². The second-order valence-corrected chi connectivity index (χ2v) is 9.13. The van der Waals surface area contributed by atoms with Crippen molar-refractivity contribution in [3.8, 4) is 0 Å². The van der Waals surface area contributed by atoms with Crippen molar-refractivity contribution in [3.63, 3.8) is 0 Å². The lowest BCUT2D eigenvalue weighted by Crippen LogP contribution is -2.45. The molecule has 148 valence electrons. The fourth-order valence-electron chi connectivity index (χ4n) is 3.79. The van der Waals surface area contributed by atoms with Gasteiger partial charge in [0.2, 0.25) is 0 Å². The Balaban J connectivity index is 1.45. The van der Waals surface area contributed by atoms with Gasteiger partial charge in [0, 0.05) is 48.6 Å². The highest BCUT2D eigenvalue weighted by Crippen LogP contribution is 2.36. The number of thiophene rings is 1. The molecule has 0 aliphatic carbocycles. The molecule has 27 heavy (non-hydrogen) atoms. The van der Waals surface area contributed by atoms with Crippen LogP contribution >= 0.6 is 22.7 Å². The predicted molar refractivity (Wildman–Crippen MR) is 117 cm³/mol. The van der Waals surface area contributed by atoms with Crippen molar-refractivity contribution in [2.75, 3.05) is 33.7 Å². The highest BCUT2D eigenvalue weighted by Gasteiger charge is 2.31. The first kappa shape index (κ1) is 20.3. The molecular formula is C20H31N5S2. The topological polar surface area (TPSA) is 52.6 Å². The maximum Gasteiger partial charge on any atom is 0.190 e. The Morgan fingerprint density at radius 3 is 2.96 bits per heavy atom. The molecule has 0 spiro atoms. The van der Waals surface area contributed by atoms with Gasteiger partial charge in [0.15, 0.2) is 5.96 Å². The van der Waals surface area contributed by atoms with Crippen LogP contribution < -0.4 is 10.6 Å². The third-order valence-corrected chi connectivity index (χ3v) is 7.09. The Bertz CT molecular complexity index is 710. The second kappa shape index (κ2) is 10.2. The van der Waals surface area contributed by atoms with Gasteiger partial charge in [-0.1, -0.05) is 6.07 Å². The summed E-state index contributed by atoms with van der Waals surface area (Å²) in [6.07, 6.45) is 4.62. The number of aryl methyl sites for hydroxylation is 2. The third kappa shape index (κ3) is 5.77. The molecule has 0 amide bonds. The van der Waals surface area contributed by atoms with Crippen molar-refractivity contribution in [3.05, 3.63) is 38.5 Å². The van der Waals surface area contributed by atoms with E-state index in [0.29, 0.717) is 12.0 Å². The maximum absolute atomic E-state index is 4.53. The Labute approximate surface area is 170 Å². The standard InChI is InChI=1S/C20H31N5S2/c1-15-14-27-18(24-15)9-4-10-22-20(21-2)23-13-16-7-5-11-25(3)19(16)17-8-6-12-26-17/h6,8,12,14,16,19H,4-5,7,9-11,13H2,1-3H3,(H2,21,22,23). The van der Waals surface area contributed by atoms with Gasteiger partial charge in [-0.15, -0.1) is 22.7 Å². The zero-order chi connectivity index (χ0) is 19.1. The Kier molecular flexibility index (Phi) is 7.67. The van der Waals surface area contributed by atoms with Gasteiger partial charge in [-0.2, -0.15) is 0 Å². The molecule has 1 aliphatic heterocycles. The van der Waals surface area contributed by atoms with Crippen LogP contribution in [0.2, 0.25) is 0 Å². The van der Waals surface area contributed by atoms with Crippen LogP contribution in [-0.2, 0) is 6.42 Å². The molecule has 2 aromatic heterocycles. The zero-order valence-corrected chi connectivity index (χ0v) is 18.2. The minimum Gasteiger partial charge on any atom is -0.356 e. The van der Waals surface area contributed by atoms with Crippen molar-refractivity contribution in [1.29, 1.82) is 0 Å². The summed E-state index contributed by atoms with van der Waals surface area (Å²) < 4.78 is 0. The minimum atomic E-state index is 0.512. The number of nitrogens with zero attached hydrogens (tertiary/aromatic N) is 3. The summed E-state index contributed by atoms with van der Waals surface area (Å²) in [5, 5.41) is 12.5. The van der Waals surface area contributed by atoms with Crippen molar-refractivity contribution >= 4 is 28.6 Å². The number of nitrogens with one attached hydrogen (secondary N) is 2. The van der Waals surface area contributed by atoms with E-state index in [4.69, 9.17) is 0 Å². The first-order valence-electron chi connectivity index (χ1n) is 9.76. The maximum atomic E-state index is 4.53. The van der Waals surface area contributed by atoms with Crippen LogP contribution in [0.1, 0.15) is 40.9 Å². The van der Waals surface area contributed by atoms with Gasteiger partial charge in [0.1, 0.15) is 0 Å². The molecule has 2 atom stereocenters. The van der Waals surface area contributed by atoms with E-state index in [9.17, 15) is 0 Å². The number of aliphatic imine (C=N–C) groups is 1. The summed E-state index contributed by atoms with van der Waals surface area (Å²) in [6.45, 7) is 5.11. The van der Waals surface area contributed by atoms with Crippen LogP contribution in [0.15, 0.2) is 27.9 Å². The molecule has 0 radical (unpaired) electrons. The number of likely N-dealkylation sites (tertiary alicyclic amines) is 1. The van der Waals surface area contributed by atoms with Crippen LogP contribution in [0.5, 0.6) is 0 Å². The molecular weight excluding hydrogens is 374 g/mol. The van der Waals surface area contributed by atoms with E-state index in [-0.39, 0.29) is 0 Å². The summed E-state index contributed by atoms with van der Waals surface area (Å²) in [6, 6.07) is 4.95. The lowest BCUT2D eigenvalue weighted by Gasteiger charge is -2.39. The van der Waals surface area contributed by atoms with Gasteiger partial charge in [-0.25, -0.2) is 4.98 Å². The lowest BCUT2D eigenvalue weighted by atomic mass is 9.88. The van der Waals surface area contributed by atoms with Crippen LogP contribution in [0.25, 0.3) is 0 Å². The average molecular weight is 406 g/mol. The molecule has 1 saturated heterocycles. The quantitative estimate of drug-likeness (QED) is 0.419. The fraction of sp³-hybridized carbons (Fsp3) is 0.600. The normalized spacial score (nSPS) is 21.4. The number of aromatic nitrogens is 1. The SMILES string of the molecule is CN=C(NCCCc1nc(C)cs1)NCC1CCCN(C)C1c1cccs1. The van der Waals surface area contributed by atoms with Gasteiger partial charge in [0.05, 0.1) is 5.01 Å². The highest BCUT2D eigenvalue weighted by molar-refractivity contribution is 7.10. The number of thiazole rings is 1. The molecule has 0 aromatic carbocycles. The van der Waals surface area contributed by atoms with Crippen molar-refractivity contribution < 1.29 is 0 Å². The van der Waals surface area contributed by atoms with E-state index in [1.54, 1.807) is 11.3 Å². The Morgan fingerprint density at radius 2 is 2.26 bits per heavy atom. The van der Waals surface area contributed by atoms with Gasteiger partial charge >= 0.3 is 0 Å². The number of piperidine rings is 1. The highest BCUT2D eigenvalue weighted by atomic mass is 32.1. The molecule has 2 aromatic rings. The molecule has 0 bridgehead atoms. The van der Waals surface area contributed by atoms with E-state index in [1.807, 2.05) is 18.4 Å². The van der Waals surface area contributed by atoms with E-state index >= 15 is 0 Å². The number of hydrogen-bond donors (Lipinski definition) is 2. The fourth-order valence-corrected chi connectivity index (χ4v) is 5.60. The Hall–Kier alpha value is -1.44. The van der Waals surface area contributed by atoms with E-state index in [0.717, 1.165) is 37.6 Å². The molecule has 2 N–H and O–H groups in total. The van der Waals surface area contributed by atoms with Gasteiger partial charge < -0.3 is 10.6 Å². The van der Waals surface area contributed by atoms with E-state index < -0.39 is 0 Å². The second-order valence-electron chi connectivity index (χ2n) is 7.21. The first-order chi connectivity index (χ1) is 13.2. The number of guanidine groups is 1. The van der Waals surface area contributed by atoms with Gasteiger partial charge in [-0.3, -0.25) is 9.89 Å². The Morgan fingerprint density at radius 1 is 1.37 bits per heavy atom. The molecule has 5 nitrogen and oxygen atoms in total. The molecule has 0 saturated carbocycles. The summed E-state index contributed by atoms with van der Waals surface area (Å²) in [7, 11) is 4.10. The van der Waals surface area contributed by atoms with Crippen LogP contribution in [-0.4, -0.2) is 49.6 Å². The summed E-state index contributed by atoms with van der Waals surface area (Å²) in [5.74, 6) is 1.52. The lowest BCUT2D eigenvalue weighted by molar-refractivity contribution is 0.125. The summed E-state index contributed by atoms with van der Waals surface area (Å²) in [4.78, 5) is 12.9. The summed E-state index contributed by atoms with van der Waals surface area (Å²) in [5.41, 5.74) is 1.12. The van der Waals surface area contributed by atoms with Crippen LogP contribution in [0.4, 0.5) is 0 Å². The first-order valence-corrected chi connectivity index (χ1v) is 11.5. The smallest absolute Gasteiger partial charge is 0.190 e. The minimum absolute atomic E-state index is 0.512. The van der Waals surface area contributed by atoms with Gasteiger partial charge in [-0.05, 0) is 57.1 Å². The monoisotopic (exact) mass is 405 g/mol. The number of hydrogen-bond acceptors (Lipinski definition) is 5. The molecule has 3 heterocycles. The van der Waals surface area contributed by atoms with Crippen LogP contribution in [0, 0.1) is 12.8 Å². The largest absolute Gasteiger partial charge is 0.356 e. The predicted octanol–water partition coefficient (Wildman–Crippen LogP) is 3.69. The van der Waals surface area contributed by atoms with Crippen molar-refractivity contribution in [2.24, 2.45) is 10.9 Å². The van der Waals surface area contributed by atoms with Crippen LogP contribution in [0.3, 0.4) is 0 Å². The molecule has 1 aliphatic rings. The van der Waals surface area contributed by atoms with Crippen molar-refractivity contribution in [1.82, 2.24) is 20.5 Å². The summed E-state index contributed by atoms with van der Waals surface area (Å²) >= 11 is 3.63. The third-order valence-electron chi connectivity index (χ3n) is 5.12.